The summed E-state index contributed by atoms with van der Waals surface area (Å²) in [5, 5.41) is 9.39. The molecule has 2 aromatic carbocycles. The second-order valence-electron chi connectivity index (χ2n) is 4.91. The van der Waals surface area contributed by atoms with E-state index in [0.29, 0.717) is 0 Å². The summed E-state index contributed by atoms with van der Waals surface area (Å²) in [7, 11) is -2.13. The molecule has 0 atom stereocenters. The minimum absolute atomic E-state index is 0.0420. The number of anilines is 1. The van der Waals surface area contributed by atoms with E-state index in [-0.39, 0.29) is 22.9 Å². The van der Waals surface area contributed by atoms with E-state index in [1.54, 1.807) is 0 Å². The number of aromatic hydroxyl groups is 1. The van der Waals surface area contributed by atoms with Gasteiger partial charge in [0, 0.05) is 13.6 Å². The molecule has 0 aliphatic carbocycles. The number of aryl methyl sites for hydroxylation is 1. The number of sulfonamides is 1. The van der Waals surface area contributed by atoms with Crippen LogP contribution in [0.15, 0.2) is 47.4 Å². The van der Waals surface area contributed by atoms with Crippen molar-refractivity contribution >= 4 is 15.7 Å². The first kappa shape index (κ1) is 15.3. The topological polar surface area (TPSA) is 83.6 Å². The monoisotopic (exact) mass is 306 g/mol. The highest BCUT2D eigenvalue weighted by Crippen LogP contribution is 2.25. The Morgan fingerprint density at radius 3 is 2.48 bits per heavy atom. The first-order valence-corrected chi connectivity index (χ1v) is 7.85. The lowest BCUT2D eigenvalue weighted by atomic mass is 10.1. The molecule has 5 nitrogen and oxygen atoms in total. The largest absolute Gasteiger partial charge is 0.506 e. The van der Waals surface area contributed by atoms with E-state index in [4.69, 9.17) is 5.73 Å². The van der Waals surface area contributed by atoms with Crippen LogP contribution in [0.2, 0.25) is 0 Å². The van der Waals surface area contributed by atoms with Crippen molar-refractivity contribution in [1.29, 1.82) is 0 Å². The number of nitrogens with two attached hydrogens (primary N) is 1. The Morgan fingerprint density at radius 2 is 1.86 bits per heavy atom. The lowest BCUT2D eigenvalue weighted by Crippen LogP contribution is -2.26. The molecule has 0 bridgehead atoms. The molecule has 0 saturated carbocycles. The van der Waals surface area contributed by atoms with Crippen molar-refractivity contribution in [2.75, 3.05) is 12.8 Å². The van der Waals surface area contributed by atoms with Gasteiger partial charge in [0.25, 0.3) is 0 Å². The van der Waals surface area contributed by atoms with Gasteiger partial charge in [0.05, 0.1) is 10.6 Å². The number of phenols is 1. The fourth-order valence-corrected chi connectivity index (χ4v) is 3.17. The molecule has 0 radical (unpaired) electrons. The van der Waals surface area contributed by atoms with Crippen LogP contribution < -0.4 is 5.73 Å². The van der Waals surface area contributed by atoms with E-state index in [1.165, 1.54) is 29.6 Å². The third-order valence-corrected chi connectivity index (χ3v) is 5.16. The molecule has 0 aromatic heterocycles. The van der Waals surface area contributed by atoms with Crippen molar-refractivity contribution in [3.63, 3.8) is 0 Å². The van der Waals surface area contributed by atoms with Crippen LogP contribution in [-0.2, 0) is 16.6 Å². The lowest BCUT2D eigenvalue weighted by Gasteiger charge is -2.18. The average molecular weight is 306 g/mol. The number of hydrogen-bond donors (Lipinski definition) is 2. The van der Waals surface area contributed by atoms with Crippen molar-refractivity contribution in [3.05, 3.63) is 53.6 Å². The maximum Gasteiger partial charge on any atom is 0.243 e. The van der Waals surface area contributed by atoms with Crippen LogP contribution in [-0.4, -0.2) is 24.9 Å². The van der Waals surface area contributed by atoms with Gasteiger partial charge in [0.15, 0.2) is 0 Å². The molecule has 0 unspecified atom stereocenters. The summed E-state index contributed by atoms with van der Waals surface area (Å²) in [6.45, 7) is 2.21. The van der Waals surface area contributed by atoms with E-state index >= 15 is 0 Å². The van der Waals surface area contributed by atoms with Crippen LogP contribution >= 0.6 is 0 Å². The third kappa shape index (κ3) is 3.17. The molecule has 6 heteroatoms. The SMILES string of the molecule is Cc1ccccc1CN(C)S(=O)(=O)c1ccc(O)c(N)c1. The molecule has 0 fully saturated rings. The average Bonchev–Trinajstić information content (AvgIpc) is 2.44. The van der Waals surface area contributed by atoms with E-state index in [9.17, 15) is 13.5 Å². The van der Waals surface area contributed by atoms with Gasteiger partial charge in [-0.2, -0.15) is 4.31 Å². The van der Waals surface area contributed by atoms with Crippen LogP contribution in [0.25, 0.3) is 0 Å². The van der Waals surface area contributed by atoms with E-state index in [1.807, 2.05) is 31.2 Å². The minimum Gasteiger partial charge on any atom is -0.506 e. The highest BCUT2D eigenvalue weighted by molar-refractivity contribution is 7.89. The highest BCUT2D eigenvalue weighted by atomic mass is 32.2. The predicted octanol–water partition coefficient (Wildman–Crippen LogP) is 2.10. The molecular formula is C15H18N2O3S. The van der Waals surface area contributed by atoms with Gasteiger partial charge in [-0.05, 0) is 36.2 Å². The van der Waals surface area contributed by atoms with E-state index in [0.717, 1.165) is 11.1 Å². The summed E-state index contributed by atoms with van der Waals surface area (Å²) in [4.78, 5) is 0.0638. The molecule has 0 heterocycles. The van der Waals surface area contributed by atoms with Crippen molar-refractivity contribution in [1.82, 2.24) is 4.31 Å². The molecule has 0 aliphatic heterocycles. The van der Waals surface area contributed by atoms with Gasteiger partial charge in [0.2, 0.25) is 10.0 Å². The second-order valence-corrected chi connectivity index (χ2v) is 6.95. The Balaban J connectivity index is 2.30. The molecule has 0 aliphatic rings. The van der Waals surface area contributed by atoms with Crippen molar-refractivity contribution in [2.45, 2.75) is 18.4 Å². The zero-order chi connectivity index (χ0) is 15.6. The third-order valence-electron chi connectivity index (χ3n) is 3.36. The summed E-state index contributed by atoms with van der Waals surface area (Å²) in [6, 6.07) is 11.5. The van der Waals surface area contributed by atoms with Gasteiger partial charge in [-0.3, -0.25) is 0 Å². The van der Waals surface area contributed by atoms with Gasteiger partial charge >= 0.3 is 0 Å². The van der Waals surface area contributed by atoms with Crippen molar-refractivity contribution in [3.8, 4) is 5.75 Å². The van der Waals surface area contributed by atoms with Gasteiger partial charge in [-0.1, -0.05) is 24.3 Å². The number of nitrogens with zero attached hydrogens (tertiary/aromatic N) is 1. The Bertz CT molecular complexity index is 757. The van der Waals surface area contributed by atoms with E-state index < -0.39 is 10.0 Å². The fraction of sp³-hybridized carbons (Fsp3) is 0.200. The number of phenolic OH excluding ortho intramolecular Hbond substituents is 1. The van der Waals surface area contributed by atoms with Crippen molar-refractivity contribution in [2.24, 2.45) is 0 Å². The molecular weight excluding hydrogens is 288 g/mol. The summed E-state index contributed by atoms with van der Waals surface area (Å²) >= 11 is 0. The van der Waals surface area contributed by atoms with Gasteiger partial charge < -0.3 is 10.8 Å². The second kappa shape index (κ2) is 5.75. The summed E-state index contributed by atoms with van der Waals surface area (Å²) in [6.07, 6.45) is 0. The standard InChI is InChI=1S/C15H18N2O3S/c1-11-5-3-4-6-12(11)10-17(2)21(19,20)13-7-8-15(18)14(16)9-13/h3-9,18H,10,16H2,1-2H3. The molecule has 0 amide bonds. The smallest absolute Gasteiger partial charge is 0.243 e. The number of benzene rings is 2. The molecule has 0 saturated heterocycles. The van der Waals surface area contributed by atoms with Crippen LogP contribution in [0.1, 0.15) is 11.1 Å². The number of rotatable bonds is 4. The predicted molar refractivity (Wildman–Crippen MR) is 82.4 cm³/mol. The molecule has 3 N–H and O–H groups in total. The molecule has 21 heavy (non-hydrogen) atoms. The van der Waals surface area contributed by atoms with E-state index in [2.05, 4.69) is 0 Å². The number of hydrogen-bond acceptors (Lipinski definition) is 4. The summed E-state index contributed by atoms with van der Waals surface area (Å²) in [5.74, 6) is -0.129. The van der Waals surface area contributed by atoms with Crippen LogP contribution in [0.5, 0.6) is 5.75 Å². The molecule has 2 rings (SSSR count). The fourth-order valence-electron chi connectivity index (χ4n) is 1.99. The van der Waals surface area contributed by atoms with Crippen LogP contribution in [0.3, 0.4) is 0 Å². The Hall–Kier alpha value is -2.05. The first-order valence-electron chi connectivity index (χ1n) is 6.41. The molecule has 2 aromatic rings. The normalized spacial score (nSPS) is 11.8. The first-order chi connectivity index (χ1) is 9.82. The lowest BCUT2D eigenvalue weighted by molar-refractivity contribution is 0.464. The Kier molecular flexibility index (Phi) is 4.20. The quantitative estimate of drug-likeness (QED) is 0.669. The molecule has 112 valence electrons. The Morgan fingerprint density at radius 1 is 1.19 bits per heavy atom. The number of nitrogen functional groups attached to an aromatic ring is 1. The maximum absolute atomic E-state index is 12.5. The maximum atomic E-state index is 12.5. The zero-order valence-electron chi connectivity index (χ0n) is 11.9. The van der Waals surface area contributed by atoms with Gasteiger partial charge in [-0.25, -0.2) is 8.42 Å². The van der Waals surface area contributed by atoms with Crippen molar-refractivity contribution < 1.29 is 13.5 Å². The summed E-state index contributed by atoms with van der Waals surface area (Å²) < 4.78 is 26.3. The molecule has 0 spiro atoms. The van der Waals surface area contributed by atoms with Crippen LogP contribution in [0.4, 0.5) is 5.69 Å². The Labute approximate surface area is 124 Å². The van der Waals surface area contributed by atoms with Gasteiger partial charge in [0.1, 0.15) is 5.75 Å². The summed E-state index contributed by atoms with van der Waals surface area (Å²) in [5.41, 5.74) is 7.58. The minimum atomic E-state index is -3.65. The highest BCUT2D eigenvalue weighted by Gasteiger charge is 2.22. The zero-order valence-corrected chi connectivity index (χ0v) is 12.8. The van der Waals surface area contributed by atoms with Crippen LogP contribution in [0, 0.1) is 6.92 Å². The van der Waals surface area contributed by atoms with Gasteiger partial charge in [-0.15, -0.1) is 0 Å².